The lowest BCUT2D eigenvalue weighted by Crippen LogP contribution is -2.12. The van der Waals surface area contributed by atoms with Crippen molar-refractivity contribution in [3.63, 3.8) is 0 Å². The number of para-hydroxylation sites is 2. The Morgan fingerprint density at radius 1 is 0.509 bits per heavy atom. The van der Waals surface area contributed by atoms with Crippen molar-refractivity contribution < 1.29 is 17.6 Å². The smallest absolute Gasteiger partial charge is 0.418 e. The van der Waals surface area contributed by atoms with E-state index in [-0.39, 0.29) is 22.7 Å². The van der Waals surface area contributed by atoms with E-state index in [2.05, 4.69) is 18.2 Å². The molecule has 0 saturated heterocycles. The van der Waals surface area contributed by atoms with Crippen molar-refractivity contribution in [2.45, 2.75) is 6.18 Å². The molecule has 0 bridgehead atoms. The first-order chi connectivity index (χ1) is 26.9. The maximum Gasteiger partial charge on any atom is 0.418 e. The van der Waals surface area contributed by atoms with Crippen LogP contribution in [-0.4, -0.2) is 19.5 Å². The molecule has 0 aliphatic heterocycles. The molecule has 0 aliphatic rings. The Hall–Kier alpha value is -6.84. The summed E-state index contributed by atoms with van der Waals surface area (Å²) in [6.07, 6.45) is -4.78. The van der Waals surface area contributed by atoms with E-state index >= 15 is 13.2 Å². The van der Waals surface area contributed by atoms with Gasteiger partial charge in [-0.2, -0.15) is 13.2 Å². The topological polar surface area (TPSA) is 56.7 Å². The fourth-order valence-electron chi connectivity index (χ4n) is 7.86. The third kappa shape index (κ3) is 4.90. The fourth-order valence-corrected chi connectivity index (χ4v) is 8.98. The van der Waals surface area contributed by atoms with Crippen molar-refractivity contribution in [3.8, 4) is 39.9 Å². The number of hydrogen-bond donors (Lipinski definition) is 0. The van der Waals surface area contributed by atoms with Gasteiger partial charge in [-0.15, -0.1) is 11.3 Å². The molecule has 0 radical (unpaired) electrons. The van der Waals surface area contributed by atoms with E-state index in [1.54, 1.807) is 22.0 Å². The first-order valence-corrected chi connectivity index (χ1v) is 18.5. The van der Waals surface area contributed by atoms with Gasteiger partial charge in [-0.05, 0) is 36.4 Å². The van der Waals surface area contributed by atoms with Gasteiger partial charge in [0.25, 0.3) is 0 Å². The van der Waals surface area contributed by atoms with Crippen LogP contribution >= 0.6 is 11.3 Å². The highest BCUT2D eigenvalue weighted by molar-refractivity contribution is 7.25. The number of thiophene rings is 1. The van der Waals surface area contributed by atoms with Crippen LogP contribution in [0, 0.1) is 0 Å². The molecule has 262 valence electrons. The summed E-state index contributed by atoms with van der Waals surface area (Å²) in [5.41, 5.74) is 2.71. The Labute approximate surface area is 314 Å². The SMILES string of the molecule is FC(F)(F)c1cc(-c2nc(-c3ccccc3)nc(-c3ccccc3)n2)c2oc3ccccc3c2c1-n1c2ccccc2c2cc3c(cc21)sc1ccccc13. The van der Waals surface area contributed by atoms with Crippen molar-refractivity contribution in [3.05, 3.63) is 157 Å². The Morgan fingerprint density at radius 2 is 1.11 bits per heavy atom. The zero-order chi connectivity index (χ0) is 36.8. The van der Waals surface area contributed by atoms with E-state index in [9.17, 15) is 0 Å². The normalized spacial score (nSPS) is 12.3. The summed E-state index contributed by atoms with van der Waals surface area (Å²) < 4.78 is 58.3. The van der Waals surface area contributed by atoms with Crippen LogP contribution in [0.1, 0.15) is 5.56 Å². The van der Waals surface area contributed by atoms with Crippen LogP contribution < -0.4 is 0 Å². The van der Waals surface area contributed by atoms with Gasteiger partial charge in [0.05, 0.1) is 33.2 Å². The van der Waals surface area contributed by atoms with Gasteiger partial charge in [0.15, 0.2) is 17.5 Å². The number of rotatable bonds is 4. The van der Waals surface area contributed by atoms with Gasteiger partial charge in [0.1, 0.15) is 11.2 Å². The number of aromatic nitrogens is 4. The lowest BCUT2D eigenvalue weighted by molar-refractivity contribution is -0.137. The number of alkyl halides is 3. The number of fused-ring (bicyclic) bond motifs is 9. The highest BCUT2D eigenvalue weighted by Crippen LogP contribution is 2.49. The third-order valence-electron chi connectivity index (χ3n) is 10.3. The molecule has 11 rings (SSSR count). The molecular formula is C46H25F3N4OS. The second-order valence-corrected chi connectivity index (χ2v) is 14.6. The fraction of sp³-hybridized carbons (Fsp3) is 0.0217. The molecule has 5 nitrogen and oxygen atoms in total. The molecule has 9 heteroatoms. The van der Waals surface area contributed by atoms with Crippen molar-refractivity contribution in [2.75, 3.05) is 0 Å². The minimum absolute atomic E-state index is 0.0107. The zero-order valence-electron chi connectivity index (χ0n) is 28.7. The minimum atomic E-state index is -4.78. The number of hydrogen-bond acceptors (Lipinski definition) is 5. The maximum absolute atomic E-state index is 16.0. The summed E-state index contributed by atoms with van der Waals surface area (Å²) in [6.45, 7) is 0. The van der Waals surface area contributed by atoms with Crippen molar-refractivity contribution in [1.82, 2.24) is 19.5 Å². The molecule has 0 atom stereocenters. The number of nitrogens with zero attached hydrogens (tertiary/aromatic N) is 4. The van der Waals surface area contributed by atoms with Gasteiger partial charge >= 0.3 is 6.18 Å². The summed E-state index contributed by atoms with van der Waals surface area (Å²) in [5.74, 6) is 0.741. The molecule has 4 aromatic heterocycles. The first kappa shape index (κ1) is 31.7. The van der Waals surface area contributed by atoms with E-state index in [4.69, 9.17) is 19.4 Å². The molecule has 0 N–H and O–H groups in total. The third-order valence-corrected chi connectivity index (χ3v) is 11.4. The Balaban J connectivity index is 1.29. The molecule has 0 fully saturated rings. The molecule has 0 saturated carbocycles. The molecule has 11 aromatic rings. The number of benzene rings is 7. The number of furan rings is 1. The lowest BCUT2D eigenvalue weighted by atomic mass is 9.99. The van der Waals surface area contributed by atoms with Gasteiger partial charge in [-0.25, -0.2) is 15.0 Å². The van der Waals surface area contributed by atoms with Crippen LogP contribution in [0.2, 0.25) is 0 Å². The van der Waals surface area contributed by atoms with Gasteiger partial charge in [-0.3, -0.25) is 0 Å². The first-order valence-electron chi connectivity index (χ1n) is 17.7. The van der Waals surface area contributed by atoms with Gasteiger partial charge in [0.2, 0.25) is 0 Å². The summed E-state index contributed by atoms with van der Waals surface area (Å²) in [5, 5.41) is 4.77. The summed E-state index contributed by atoms with van der Waals surface area (Å²) >= 11 is 1.63. The van der Waals surface area contributed by atoms with Crippen LogP contribution in [0.5, 0.6) is 0 Å². The van der Waals surface area contributed by atoms with E-state index < -0.39 is 11.7 Å². The quantitative estimate of drug-likeness (QED) is 0.180. The molecule has 55 heavy (non-hydrogen) atoms. The van der Waals surface area contributed by atoms with Gasteiger partial charge in [0, 0.05) is 47.5 Å². The molecular weight excluding hydrogens is 714 g/mol. The Morgan fingerprint density at radius 3 is 1.82 bits per heavy atom. The summed E-state index contributed by atoms with van der Waals surface area (Å²) in [6, 6.07) is 47.1. The molecule has 0 spiro atoms. The molecule has 4 heterocycles. The zero-order valence-corrected chi connectivity index (χ0v) is 29.5. The summed E-state index contributed by atoms with van der Waals surface area (Å²) in [4.78, 5) is 14.5. The van der Waals surface area contributed by atoms with Crippen LogP contribution in [0.15, 0.2) is 156 Å². The minimum Gasteiger partial charge on any atom is -0.455 e. The second kappa shape index (κ2) is 11.8. The Kier molecular flexibility index (Phi) is 6.81. The second-order valence-electron chi connectivity index (χ2n) is 13.5. The van der Waals surface area contributed by atoms with Crippen molar-refractivity contribution in [2.24, 2.45) is 0 Å². The molecule has 0 amide bonds. The van der Waals surface area contributed by atoms with E-state index in [0.717, 1.165) is 37.0 Å². The molecule has 0 unspecified atom stereocenters. The number of halogens is 3. The average Bonchev–Trinajstić information content (AvgIpc) is 3.89. The largest absolute Gasteiger partial charge is 0.455 e. The molecule has 0 aliphatic carbocycles. The Bertz CT molecular complexity index is 3250. The lowest BCUT2D eigenvalue weighted by Gasteiger charge is -2.19. The molecule has 7 aromatic carbocycles. The van der Waals surface area contributed by atoms with Crippen LogP contribution in [0.25, 0.3) is 104 Å². The van der Waals surface area contributed by atoms with Crippen molar-refractivity contribution in [1.29, 1.82) is 0 Å². The van der Waals surface area contributed by atoms with E-state index in [1.807, 2.05) is 121 Å². The highest BCUT2D eigenvalue weighted by atomic mass is 32.1. The predicted octanol–water partition coefficient (Wildman–Crippen LogP) is 13.3. The standard InChI is InChI=1S/C46H25F3N4OS/c47-46(48,49)34-24-33(45-51-43(26-13-3-1-4-14-26)50-44(52-45)27-15-5-2-6-16-27)42-40(30-19-8-11-21-37(30)54-42)41(34)53-35-20-10-7-17-28(35)31-23-32-29-18-9-12-22-38(29)55-39(32)25-36(31)53/h1-25H. The van der Waals surface area contributed by atoms with Crippen LogP contribution in [0.4, 0.5) is 13.2 Å². The highest BCUT2D eigenvalue weighted by Gasteiger charge is 2.39. The van der Waals surface area contributed by atoms with Crippen molar-refractivity contribution >= 4 is 75.3 Å². The van der Waals surface area contributed by atoms with E-state index in [1.165, 1.54) is 0 Å². The average molecular weight is 739 g/mol. The van der Waals surface area contributed by atoms with Crippen LogP contribution in [-0.2, 0) is 6.18 Å². The summed E-state index contributed by atoms with van der Waals surface area (Å²) in [7, 11) is 0. The van der Waals surface area contributed by atoms with Gasteiger partial charge in [-0.1, -0.05) is 115 Å². The van der Waals surface area contributed by atoms with Crippen LogP contribution in [0.3, 0.4) is 0 Å². The maximum atomic E-state index is 16.0. The van der Waals surface area contributed by atoms with Gasteiger partial charge < -0.3 is 8.98 Å². The monoisotopic (exact) mass is 738 g/mol. The predicted molar refractivity (Wildman–Crippen MR) is 216 cm³/mol. The van der Waals surface area contributed by atoms with E-state index in [0.29, 0.717) is 50.2 Å².